The Balaban J connectivity index is 1.84. The molecule has 5 nitrogen and oxygen atoms in total. The lowest BCUT2D eigenvalue weighted by atomic mass is 9.97. The molecule has 0 aliphatic heterocycles. The highest BCUT2D eigenvalue weighted by atomic mass is 19.3. The van der Waals surface area contributed by atoms with Gasteiger partial charge in [-0.05, 0) is 17.7 Å². The van der Waals surface area contributed by atoms with Crippen LogP contribution in [0.25, 0.3) is 0 Å². The quantitative estimate of drug-likeness (QED) is 0.475. The molecule has 3 rings (SSSR count). The molecule has 1 unspecified atom stereocenters. The van der Waals surface area contributed by atoms with E-state index in [9.17, 15) is 18.7 Å². The van der Waals surface area contributed by atoms with Gasteiger partial charge in [-0.1, -0.05) is 43.3 Å². The summed E-state index contributed by atoms with van der Waals surface area (Å²) >= 11 is 0. The average molecular weight is 399 g/mol. The lowest BCUT2D eigenvalue weighted by Crippen LogP contribution is -2.11. The molecule has 0 spiro atoms. The van der Waals surface area contributed by atoms with Crippen LogP contribution in [0.5, 0.6) is 0 Å². The van der Waals surface area contributed by atoms with Crippen LogP contribution in [0, 0.1) is 0 Å². The van der Waals surface area contributed by atoms with Gasteiger partial charge in [0.25, 0.3) is 5.92 Å². The third-order valence-corrected chi connectivity index (χ3v) is 4.75. The maximum absolute atomic E-state index is 13.7. The largest absolute Gasteiger partial charge is 0.384 e. The predicted molar refractivity (Wildman–Crippen MR) is 107 cm³/mol. The fraction of sp³-hybridized carbons (Fsp3) is 0.273. The van der Waals surface area contributed by atoms with Gasteiger partial charge >= 0.3 is 0 Å². The first-order valence-electron chi connectivity index (χ1n) is 9.35. The summed E-state index contributed by atoms with van der Waals surface area (Å²) in [5.74, 6) is -3.03. The molecular formula is C22H23F2N3O2. The third-order valence-electron chi connectivity index (χ3n) is 4.75. The summed E-state index contributed by atoms with van der Waals surface area (Å²) in [6.07, 6.45) is 0.868. The van der Waals surface area contributed by atoms with Gasteiger partial charge in [0.15, 0.2) is 5.78 Å². The van der Waals surface area contributed by atoms with Gasteiger partial charge < -0.3 is 10.4 Å². The summed E-state index contributed by atoms with van der Waals surface area (Å²) in [6.45, 7) is 2.93. The number of carbonyl (C=O) groups excluding carboxylic acids is 1. The van der Waals surface area contributed by atoms with Crippen molar-refractivity contribution < 1.29 is 18.7 Å². The summed E-state index contributed by atoms with van der Waals surface area (Å²) in [5.41, 5.74) is 2.59. The van der Waals surface area contributed by atoms with Crippen LogP contribution in [-0.4, -0.2) is 21.1 Å². The third kappa shape index (κ3) is 4.68. The second kappa shape index (κ2) is 8.53. The van der Waals surface area contributed by atoms with Crippen LogP contribution in [0.3, 0.4) is 0 Å². The number of hydrogen-bond acceptors (Lipinski definition) is 4. The number of carbonyl (C=O) groups is 1. The standard InChI is InChI=1S/C22H23F2N3O2/c1-3-19(28)20-15(13-26-27-20)12-25-18-10-5-4-9-17(18)21(29)14-7-6-8-16(11-14)22(2,23)24/h4-11,13,21,25,29H,3,12H2,1-2H3,(H,26,27). The minimum Gasteiger partial charge on any atom is -0.384 e. The molecule has 7 heteroatoms. The molecule has 152 valence electrons. The lowest BCUT2D eigenvalue weighted by Gasteiger charge is -2.19. The number of anilines is 1. The van der Waals surface area contributed by atoms with E-state index in [-0.39, 0.29) is 11.3 Å². The van der Waals surface area contributed by atoms with Crippen molar-refractivity contribution in [2.45, 2.75) is 38.8 Å². The number of benzene rings is 2. The molecule has 0 radical (unpaired) electrons. The normalized spacial score (nSPS) is 12.6. The zero-order valence-corrected chi connectivity index (χ0v) is 16.2. The molecule has 0 amide bonds. The molecule has 0 fully saturated rings. The van der Waals surface area contributed by atoms with Gasteiger partial charge in [0.2, 0.25) is 0 Å². The number of aliphatic hydroxyl groups excluding tert-OH is 1. The minimum absolute atomic E-state index is 0.0371. The summed E-state index contributed by atoms with van der Waals surface area (Å²) in [7, 11) is 0. The molecule has 3 aromatic rings. The number of ketones is 1. The van der Waals surface area contributed by atoms with Crippen LogP contribution in [0.1, 0.15) is 59.1 Å². The molecule has 0 bridgehead atoms. The van der Waals surface area contributed by atoms with Crippen molar-refractivity contribution in [2.75, 3.05) is 5.32 Å². The Morgan fingerprint density at radius 3 is 2.72 bits per heavy atom. The maximum atomic E-state index is 13.7. The van der Waals surface area contributed by atoms with Crippen LogP contribution < -0.4 is 5.32 Å². The van der Waals surface area contributed by atoms with Gasteiger partial charge in [0.05, 0.1) is 6.20 Å². The van der Waals surface area contributed by atoms with Gasteiger partial charge in [0.1, 0.15) is 11.8 Å². The molecule has 0 aliphatic rings. The van der Waals surface area contributed by atoms with Crippen molar-refractivity contribution in [1.29, 1.82) is 0 Å². The van der Waals surface area contributed by atoms with Gasteiger partial charge in [-0.3, -0.25) is 9.89 Å². The van der Waals surface area contributed by atoms with Crippen LogP contribution in [0.2, 0.25) is 0 Å². The van der Waals surface area contributed by atoms with Crippen LogP contribution in [0.4, 0.5) is 14.5 Å². The number of nitrogens with one attached hydrogen (secondary N) is 2. The zero-order valence-electron chi connectivity index (χ0n) is 16.2. The number of nitrogens with zero attached hydrogens (tertiary/aromatic N) is 1. The molecule has 0 aliphatic carbocycles. The van der Waals surface area contributed by atoms with E-state index in [4.69, 9.17) is 0 Å². The number of hydrogen-bond donors (Lipinski definition) is 3. The van der Waals surface area contributed by atoms with Crippen molar-refractivity contribution in [3.63, 3.8) is 0 Å². The van der Waals surface area contributed by atoms with Gasteiger partial charge in [-0.2, -0.15) is 5.10 Å². The fourth-order valence-corrected chi connectivity index (χ4v) is 3.11. The van der Waals surface area contributed by atoms with Crippen LogP contribution >= 0.6 is 0 Å². The van der Waals surface area contributed by atoms with Gasteiger partial charge in [0, 0.05) is 42.3 Å². The number of H-pyrrole nitrogens is 1. The Bertz CT molecular complexity index is 995. The summed E-state index contributed by atoms with van der Waals surface area (Å²) in [6, 6.07) is 12.9. The molecular weight excluding hydrogens is 376 g/mol. The second-order valence-electron chi connectivity index (χ2n) is 6.90. The smallest absolute Gasteiger partial charge is 0.270 e. The Labute approximate surface area is 167 Å². The zero-order chi connectivity index (χ0) is 21.0. The van der Waals surface area contributed by atoms with Gasteiger partial charge in [-0.15, -0.1) is 0 Å². The van der Waals surface area contributed by atoms with Gasteiger partial charge in [-0.25, -0.2) is 8.78 Å². The Kier molecular flexibility index (Phi) is 6.08. The SMILES string of the molecule is CCC(=O)c1[nH]ncc1CNc1ccccc1C(O)c1cccc(C(C)(F)F)c1. The number of aromatic nitrogens is 2. The first-order valence-corrected chi connectivity index (χ1v) is 9.35. The van der Waals surface area contributed by atoms with E-state index in [2.05, 4.69) is 15.5 Å². The number of halogens is 2. The first kappa shape index (κ1) is 20.7. The number of alkyl halides is 2. The number of aliphatic hydroxyl groups is 1. The number of Topliss-reactive ketones (excluding diaryl/α,β-unsaturated/α-hetero) is 1. The van der Waals surface area contributed by atoms with Crippen molar-refractivity contribution in [3.8, 4) is 0 Å². The van der Waals surface area contributed by atoms with Crippen molar-refractivity contribution in [3.05, 3.63) is 82.7 Å². The Morgan fingerprint density at radius 2 is 2.00 bits per heavy atom. The first-order chi connectivity index (χ1) is 13.8. The molecule has 1 aromatic heterocycles. The average Bonchev–Trinajstić information content (AvgIpc) is 3.19. The van der Waals surface area contributed by atoms with E-state index in [1.54, 1.807) is 37.4 Å². The molecule has 0 saturated heterocycles. The molecule has 3 N–H and O–H groups in total. The summed E-state index contributed by atoms with van der Waals surface area (Å²) in [5, 5.41) is 20.7. The number of aromatic amines is 1. The van der Waals surface area contributed by atoms with E-state index in [0.717, 1.165) is 6.92 Å². The van der Waals surface area contributed by atoms with Crippen molar-refractivity contribution in [2.24, 2.45) is 0 Å². The molecule has 1 heterocycles. The van der Waals surface area contributed by atoms with Crippen molar-refractivity contribution >= 4 is 11.5 Å². The fourth-order valence-electron chi connectivity index (χ4n) is 3.11. The van der Waals surface area contributed by atoms with E-state index in [1.807, 2.05) is 6.07 Å². The number of rotatable bonds is 8. The predicted octanol–water partition coefficient (Wildman–Crippen LogP) is 4.81. The maximum Gasteiger partial charge on any atom is 0.270 e. The Hall–Kier alpha value is -3.06. The topological polar surface area (TPSA) is 78.0 Å². The van der Waals surface area contributed by atoms with E-state index in [0.29, 0.717) is 41.0 Å². The minimum atomic E-state index is -2.99. The van der Waals surface area contributed by atoms with Crippen LogP contribution in [0.15, 0.2) is 54.7 Å². The monoisotopic (exact) mass is 399 g/mol. The second-order valence-corrected chi connectivity index (χ2v) is 6.90. The molecule has 29 heavy (non-hydrogen) atoms. The highest BCUT2D eigenvalue weighted by molar-refractivity contribution is 5.95. The summed E-state index contributed by atoms with van der Waals surface area (Å²) in [4.78, 5) is 12.0. The molecule has 1 atom stereocenters. The highest BCUT2D eigenvalue weighted by Gasteiger charge is 2.25. The Morgan fingerprint density at radius 1 is 1.24 bits per heavy atom. The van der Waals surface area contributed by atoms with E-state index < -0.39 is 12.0 Å². The number of para-hydroxylation sites is 1. The van der Waals surface area contributed by atoms with Crippen molar-refractivity contribution in [1.82, 2.24) is 10.2 Å². The van der Waals surface area contributed by atoms with E-state index >= 15 is 0 Å². The molecule has 2 aromatic carbocycles. The summed E-state index contributed by atoms with van der Waals surface area (Å²) < 4.78 is 27.3. The van der Waals surface area contributed by atoms with Crippen LogP contribution in [-0.2, 0) is 12.5 Å². The highest BCUT2D eigenvalue weighted by Crippen LogP contribution is 2.33. The molecule has 0 saturated carbocycles. The van der Waals surface area contributed by atoms with E-state index in [1.165, 1.54) is 18.2 Å². The lowest BCUT2D eigenvalue weighted by molar-refractivity contribution is 0.0172.